The van der Waals surface area contributed by atoms with E-state index in [1.807, 2.05) is 0 Å². The Balaban J connectivity index is 1.66. The Kier molecular flexibility index (Phi) is 7.27. The van der Waals surface area contributed by atoms with Crippen LogP contribution < -0.4 is 10.6 Å². The average Bonchev–Trinajstić information content (AvgIpc) is 3.19. The number of nitrogens with zero attached hydrogens (tertiary/aromatic N) is 1. The van der Waals surface area contributed by atoms with Crippen molar-refractivity contribution in [3.05, 3.63) is 73.5 Å². The summed E-state index contributed by atoms with van der Waals surface area (Å²) < 4.78 is 39.2. The molecule has 6 nitrogen and oxygen atoms in total. The second kappa shape index (κ2) is 9.76. The number of halogens is 5. The molecule has 0 spiro atoms. The molecule has 0 bridgehead atoms. The number of hydrogen-bond acceptors (Lipinski definition) is 5. The van der Waals surface area contributed by atoms with Gasteiger partial charge in [0.25, 0.3) is 11.8 Å². The predicted molar refractivity (Wildman–Crippen MR) is 116 cm³/mol. The molecule has 168 valence electrons. The summed E-state index contributed by atoms with van der Waals surface area (Å²) in [6.45, 7) is -0.0552. The second-order valence-corrected chi connectivity index (χ2v) is 8.10. The number of rotatable bonds is 6. The lowest BCUT2D eigenvalue weighted by Crippen LogP contribution is -2.27. The summed E-state index contributed by atoms with van der Waals surface area (Å²) in [6.07, 6.45) is -4.53. The van der Waals surface area contributed by atoms with Crippen molar-refractivity contribution in [1.82, 2.24) is 10.3 Å². The number of nitrogens with one attached hydrogen (secondary N) is 2. The van der Waals surface area contributed by atoms with Gasteiger partial charge in [-0.2, -0.15) is 13.2 Å². The largest absolute Gasteiger partial charge is 0.505 e. The third-order valence-electron chi connectivity index (χ3n) is 4.29. The third kappa shape index (κ3) is 5.50. The molecular formula is C20H14Cl2F3N3O3S. The van der Waals surface area contributed by atoms with E-state index in [1.54, 1.807) is 0 Å². The summed E-state index contributed by atoms with van der Waals surface area (Å²) >= 11 is 12.6. The smallest absolute Gasteiger partial charge is 0.416 e. The van der Waals surface area contributed by atoms with E-state index in [4.69, 9.17) is 23.2 Å². The fourth-order valence-corrected chi connectivity index (χ4v) is 3.92. The number of carbonyl (C=O) groups excluding carboxylic acids is 2. The van der Waals surface area contributed by atoms with Gasteiger partial charge in [-0.05, 0) is 30.2 Å². The zero-order valence-corrected chi connectivity index (χ0v) is 18.3. The van der Waals surface area contributed by atoms with Crippen molar-refractivity contribution in [1.29, 1.82) is 0 Å². The highest BCUT2D eigenvalue weighted by Crippen LogP contribution is 2.33. The fraction of sp³-hybridized carbons (Fsp3) is 0.150. The van der Waals surface area contributed by atoms with Crippen LogP contribution in [0.5, 0.6) is 5.75 Å². The minimum atomic E-state index is -4.49. The highest BCUT2D eigenvalue weighted by molar-refractivity contribution is 7.12. The van der Waals surface area contributed by atoms with Crippen LogP contribution in [-0.4, -0.2) is 28.4 Å². The Morgan fingerprint density at radius 2 is 1.75 bits per heavy atom. The molecule has 0 atom stereocenters. The summed E-state index contributed by atoms with van der Waals surface area (Å²) in [5.41, 5.74) is 0.659. The van der Waals surface area contributed by atoms with Crippen molar-refractivity contribution >= 4 is 52.2 Å². The number of phenols is 1. The lowest BCUT2D eigenvalue weighted by molar-refractivity contribution is -0.138. The monoisotopic (exact) mass is 503 g/mol. The van der Waals surface area contributed by atoms with E-state index in [9.17, 15) is 27.9 Å². The van der Waals surface area contributed by atoms with Gasteiger partial charge in [-0.25, -0.2) is 4.98 Å². The van der Waals surface area contributed by atoms with Crippen LogP contribution in [0.3, 0.4) is 0 Å². The molecule has 0 aliphatic rings. The SMILES string of the molecule is O=C(Nc1ncsc1C(=O)NCCc1ccccc1C(F)(F)F)c1cc(Cl)c(O)c(Cl)c1. The molecule has 32 heavy (non-hydrogen) atoms. The lowest BCUT2D eigenvalue weighted by Gasteiger charge is -2.13. The van der Waals surface area contributed by atoms with Gasteiger partial charge >= 0.3 is 6.18 Å². The van der Waals surface area contributed by atoms with Gasteiger partial charge in [0.2, 0.25) is 0 Å². The number of hydrogen-bond donors (Lipinski definition) is 3. The van der Waals surface area contributed by atoms with Gasteiger partial charge in [0.05, 0.1) is 21.1 Å². The number of benzene rings is 2. The van der Waals surface area contributed by atoms with Gasteiger partial charge in [-0.1, -0.05) is 41.4 Å². The van der Waals surface area contributed by atoms with Crippen LogP contribution in [0.4, 0.5) is 19.0 Å². The molecule has 0 saturated heterocycles. The molecule has 0 unspecified atom stereocenters. The Morgan fingerprint density at radius 3 is 2.41 bits per heavy atom. The first-order valence-electron chi connectivity index (χ1n) is 8.94. The number of phenolic OH excluding ortho intramolecular Hbond substituents is 1. The van der Waals surface area contributed by atoms with E-state index >= 15 is 0 Å². The van der Waals surface area contributed by atoms with E-state index < -0.39 is 23.6 Å². The molecule has 2 amide bonds. The Bertz CT molecular complexity index is 1150. The van der Waals surface area contributed by atoms with Crippen LogP contribution in [0.25, 0.3) is 0 Å². The molecule has 0 aliphatic heterocycles. The van der Waals surface area contributed by atoms with Crippen molar-refractivity contribution in [3.8, 4) is 5.75 Å². The number of alkyl halides is 3. The first-order valence-corrected chi connectivity index (χ1v) is 10.6. The number of aromatic hydroxyl groups is 1. The van der Waals surface area contributed by atoms with Crippen molar-refractivity contribution in [2.45, 2.75) is 12.6 Å². The number of amides is 2. The quantitative estimate of drug-likeness (QED) is 0.420. The fourth-order valence-electron chi connectivity index (χ4n) is 2.78. The highest BCUT2D eigenvalue weighted by atomic mass is 35.5. The third-order valence-corrected chi connectivity index (χ3v) is 5.69. The van der Waals surface area contributed by atoms with E-state index in [2.05, 4.69) is 15.6 Å². The van der Waals surface area contributed by atoms with Crippen LogP contribution >= 0.6 is 34.5 Å². The first kappa shape index (κ1) is 23.8. The molecule has 3 aromatic rings. The standard InChI is InChI=1S/C20H14Cl2F3N3O3S/c21-13-7-11(8-14(22)15(13)29)18(30)28-17-16(32-9-27-17)19(31)26-6-5-10-3-1-2-4-12(10)20(23,24)25/h1-4,7-9,29H,5-6H2,(H,26,31)(H,28,30). The molecule has 0 radical (unpaired) electrons. The molecular weight excluding hydrogens is 490 g/mol. The molecule has 0 aliphatic carbocycles. The zero-order valence-electron chi connectivity index (χ0n) is 16.0. The second-order valence-electron chi connectivity index (χ2n) is 6.43. The van der Waals surface area contributed by atoms with Crippen LogP contribution in [0, 0.1) is 0 Å². The zero-order chi connectivity index (χ0) is 23.5. The van der Waals surface area contributed by atoms with Crippen LogP contribution in [-0.2, 0) is 12.6 Å². The van der Waals surface area contributed by atoms with E-state index in [0.717, 1.165) is 17.4 Å². The van der Waals surface area contributed by atoms with Crippen LogP contribution in [0.2, 0.25) is 10.0 Å². The maximum Gasteiger partial charge on any atom is 0.416 e. The number of anilines is 1. The van der Waals surface area contributed by atoms with Crippen molar-refractivity contribution < 1.29 is 27.9 Å². The van der Waals surface area contributed by atoms with Gasteiger partial charge < -0.3 is 15.7 Å². The van der Waals surface area contributed by atoms with Gasteiger partial charge in [0.1, 0.15) is 4.88 Å². The van der Waals surface area contributed by atoms with Crippen LogP contribution in [0.1, 0.15) is 31.2 Å². The van der Waals surface area contributed by atoms with Gasteiger partial charge in [-0.15, -0.1) is 11.3 Å². The van der Waals surface area contributed by atoms with Crippen molar-refractivity contribution in [2.75, 3.05) is 11.9 Å². The highest BCUT2D eigenvalue weighted by Gasteiger charge is 2.32. The molecule has 3 N–H and O–H groups in total. The van der Waals surface area contributed by atoms with Gasteiger partial charge in [0.15, 0.2) is 11.6 Å². The lowest BCUT2D eigenvalue weighted by atomic mass is 10.0. The summed E-state index contributed by atoms with van der Waals surface area (Å²) in [5, 5.41) is 14.3. The summed E-state index contributed by atoms with van der Waals surface area (Å²) in [6, 6.07) is 7.51. The maximum absolute atomic E-state index is 13.1. The van der Waals surface area contributed by atoms with Crippen LogP contribution in [0.15, 0.2) is 41.9 Å². The topological polar surface area (TPSA) is 91.3 Å². The molecule has 1 aromatic heterocycles. The Hall–Kier alpha value is -2.82. The van der Waals surface area contributed by atoms with E-state index in [-0.39, 0.29) is 50.6 Å². The minimum Gasteiger partial charge on any atom is -0.505 e. The molecule has 2 aromatic carbocycles. The molecule has 3 rings (SSSR count). The maximum atomic E-state index is 13.1. The normalized spacial score (nSPS) is 11.3. The average molecular weight is 504 g/mol. The molecule has 0 saturated carbocycles. The minimum absolute atomic E-state index is 0.0286. The van der Waals surface area contributed by atoms with E-state index in [0.29, 0.717) is 0 Å². The Morgan fingerprint density at radius 1 is 1.09 bits per heavy atom. The summed E-state index contributed by atoms with van der Waals surface area (Å²) in [4.78, 5) is 28.9. The number of carbonyl (C=O) groups is 2. The predicted octanol–water partition coefficient (Wildman–Crippen LogP) is 5.40. The first-order chi connectivity index (χ1) is 15.1. The van der Waals surface area contributed by atoms with Crippen molar-refractivity contribution in [3.63, 3.8) is 0 Å². The number of thiazole rings is 1. The van der Waals surface area contributed by atoms with Gasteiger partial charge in [-0.3, -0.25) is 9.59 Å². The molecule has 12 heteroatoms. The molecule has 0 fully saturated rings. The number of aromatic nitrogens is 1. The summed E-state index contributed by atoms with van der Waals surface area (Å²) in [5.74, 6) is -1.68. The van der Waals surface area contributed by atoms with Crippen molar-refractivity contribution in [2.24, 2.45) is 0 Å². The van der Waals surface area contributed by atoms with Gasteiger partial charge in [0, 0.05) is 12.1 Å². The molecule has 1 heterocycles. The van der Waals surface area contributed by atoms with E-state index in [1.165, 1.54) is 35.8 Å². The summed E-state index contributed by atoms with van der Waals surface area (Å²) in [7, 11) is 0. The Labute approximate surface area is 194 Å².